The van der Waals surface area contributed by atoms with Crippen LogP contribution in [0.15, 0.2) is 60.7 Å². The van der Waals surface area contributed by atoms with Gasteiger partial charge in [0.15, 0.2) is 0 Å². The summed E-state index contributed by atoms with van der Waals surface area (Å²) in [6.45, 7) is 10.0. The van der Waals surface area contributed by atoms with Crippen LogP contribution in [0.4, 0.5) is 4.39 Å². The van der Waals surface area contributed by atoms with Crippen LogP contribution in [0, 0.1) is 17.7 Å². The van der Waals surface area contributed by atoms with Crippen molar-refractivity contribution in [3.8, 4) is 0 Å². The smallest absolute Gasteiger partial charge is 0.321 e. The lowest BCUT2D eigenvalue weighted by atomic mass is 9.87. The van der Waals surface area contributed by atoms with Crippen molar-refractivity contribution in [1.82, 2.24) is 19.6 Å². The second-order valence-electron chi connectivity index (χ2n) is 12.9. The molecule has 1 aliphatic carbocycles. The van der Waals surface area contributed by atoms with Crippen LogP contribution in [0.3, 0.4) is 0 Å². The Kier molecular flexibility index (Phi) is 9.79. The number of benzene rings is 2. The van der Waals surface area contributed by atoms with Crippen LogP contribution in [0.5, 0.6) is 0 Å². The van der Waals surface area contributed by atoms with E-state index in [1.807, 2.05) is 27.0 Å². The Bertz CT molecular complexity index is 1320. The van der Waals surface area contributed by atoms with Crippen molar-refractivity contribution in [3.63, 3.8) is 0 Å². The lowest BCUT2D eigenvalue weighted by molar-refractivity contribution is -0.145. The number of carbonyl (C=O) groups is 1. The first-order valence-electron chi connectivity index (χ1n) is 15.8. The number of likely N-dealkylation sites (tertiary alicyclic amines) is 1. The number of hydrogen-bond acceptors (Lipinski definition) is 4. The fraction of sp³-hybridized carbons (Fsp3) is 0.543. The van der Waals surface area contributed by atoms with Gasteiger partial charge in [-0.05, 0) is 99.8 Å². The van der Waals surface area contributed by atoms with Gasteiger partial charge in [-0.25, -0.2) is 4.39 Å². The van der Waals surface area contributed by atoms with Crippen LogP contribution in [0.1, 0.15) is 80.8 Å². The summed E-state index contributed by atoms with van der Waals surface area (Å²) in [5.41, 5.74) is 4.83. The zero-order chi connectivity index (χ0) is 29.8. The van der Waals surface area contributed by atoms with Gasteiger partial charge in [-0.3, -0.25) is 14.4 Å². The molecule has 42 heavy (non-hydrogen) atoms. The summed E-state index contributed by atoms with van der Waals surface area (Å²) < 4.78 is 16.5. The van der Waals surface area contributed by atoms with E-state index in [0.717, 1.165) is 69.5 Å². The molecule has 0 bridgehead atoms. The number of rotatable bonds is 11. The molecular weight excluding hydrogens is 527 g/mol. The zero-order valence-corrected chi connectivity index (χ0v) is 25.6. The predicted octanol–water partition coefficient (Wildman–Crippen LogP) is 6.42. The quantitative estimate of drug-likeness (QED) is 0.287. The molecule has 4 atom stereocenters. The van der Waals surface area contributed by atoms with E-state index in [1.54, 1.807) is 12.1 Å². The van der Waals surface area contributed by atoms with Crippen LogP contribution >= 0.6 is 0 Å². The molecule has 2 aliphatic rings. The number of aryl methyl sites for hydroxylation is 1. The summed E-state index contributed by atoms with van der Waals surface area (Å²) in [7, 11) is 1.96. The Labute approximate surface area is 250 Å². The topological polar surface area (TPSA) is 61.6 Å². The van der Waals surface area contributed by atoms with Crippen LogP contribution < -0.4 is 0 Å². The average Bonchev–Trinajstić information content (AvgIpc) is 3.58. The minimum Gasteiger partial charge on any atom is -0.480 e. The van der Waals surface area contributed by atoms with E-state index < -0.39 is 12.0 Å². The summed E-state index contributed by atoms with van der Waals surface area (Å²) in [5.74, 6) is 0.128. The van der Waals surface area contributed by atoms with Crippen molar-refractivity contribution in [2.24, 2.45) is 11.8 Å². The lowest BCUT2D eigenvalue weighted by Gasteiger charge is -2.35. The monoisotopic (exact) mass is 574 g/mol. The van der Waals surface area contributed by atoms with Crippen LogP contribution in [-0.2, 0) is 17.8 Å². The second-order valence-corrected chi connectivity index (χ2v) is 12.9. The van der Waals surface area contributed by atoms with Crippen molar-refractivity contribution < 1.29 is 14.3 Å². The molecule has 0 unspecified atom stereocenters. The van der Waals surface area contributed by atoms with Crippen LogP contribution in [0.2, 0.25) is 0 Å². The molecule has 1 aliphatic heterocycles. The fourth-order valence-corrected chi connectivity index (χ4v) is 7.64. The maximum Gasteiger partial charge on any atom is 0.321 e. The van der Waals surface area contributed by atoms with E-state index in [9.17, 15) is 14.3 Å². The van der Waals surface area contributed by atoms with E-state index in [1.165, 1.54) is 17.3 Å². The first kappa shape index (κ1) is 30.4. The first-order chi connectivity index (χ1) is 20.2. The molecule has 6 nitrogen and oxygen atoms in total. The summed E-state index contributed by atoms with van der Waals surface area (Å²) in [6, 6.07) is 19.5. The molecule has 5 rings (SSSR count). The molecule has 1 saturated heterocycles. The molecule has 1 saturated carbocycles. The van der Waals surface area contributed by atoms with E-state index >= 15 is 0 Å². The molecule has 3 aromatic rings. The van der Waals surface area contributed by atoms with Crippen LogP contribution in [-0.4, -0.2) is 69.4 Å². The summed E-state index contributed by atoms with van der Waals surface area (Å²) in [4.78, 5) is 16.8. The second kappa shape index (κ2) is 13.5. The fourth-order valence-electron chi connectivity index (χ4n) is 7.64. The maximum atomic E-state index is 14.3. The van der Waals surface area contributed by atoms with Gasteiger partial charge in [0.1, 0.15) is 11.9 Å². The Balaban J connectivity index is 1.26. The number of likely N-dealkylation sites (N-methyl/N-ethyl adjacent to an activating group) is 1. The van der Waals surface area contributed by atoms with Gasteiger partial charge >= 0.3 is 5.97 Å². The highest BCUT2D eigenvalue weighted by Crippen LogP contribution is 2.43. The summed E-state index contributed by atoms with van der Waals surface area (Å²) in [6.07, 6.45) is 4.85. The predicted molar refractivity (Wildman–Crippen MR) is 165 cm³/mol. The number of halogens is 1. The van der Waals surface area contributed by atoms with E-state index in [4.69, 9.17) is 5.10 Å². The highest BCUT2D eigenvalue weighted by molar-refractivity contribution is 5.73. The van der Waals surface area contributed by atoms with Gasteiger partial charge in [-0.2, -0.15) is 5.10 Å². The Morgan fingerprint density at radius 2 is 1.81 bits per heavy atom. The first-order valence-corrected chi connectivity index (χ1v) is 15.8. The van der Waals surface area contributed by atoms with E-state index in [0.29, 0.717) is 11.8 Å². The largest absolute Gasteiger partial charge is 0.480 e. The van der Waals surface area contributed by atoms with Gasteiger partial charge in [0, 0.05) is 37.2 Å². The molecule has 2 aromatic carbocycles. The number of aliphatic carboxylic acids is 1. The number of aromatic nitrogens is 2. The number of hydrogen-bond donors (Lipinski definition) is 1. The van der Waals surface area contributed by atoms with E-state index in [2.05, 4.69) is 57.8 Å². The minimum atomic E-state index is -0.765. The van der Waals surface area contributed by atoms with E-state index in [-0.39, 0.29) is 23.7 Å². The molecule has 2 heterocycles. The normalized spacial score (nSPS) is 22.7. The molecule has 226 valence electrons. The van der Waals surface area contributed by atoms with Gasteiger partial charge in [0.05, 0.1) is 5.69 Å². The van der Waals surface area contributed by atoms with Gasteiger partial charge in [0.25, 0.3) is 0 Å². The molecule has 0 radical (unpaired) electrons. The molecule has 1 aromatic heterocycles. The zero-order valence-electron chi connectivity index (χ0n) is 25.6. The lowest BCUT2D eigenvalue weighted by Crippen LogP contribution is -2.47. The maximum absolute atomic E-state index is 14.3. The molecule has 0 amide bonds. The number of piperidine rings is 1. The number of carboxylic acids is 1. The van der Waals surface area contributed by atoms with Crippen molar-refractivity contribution in [1.29, 1.82) is 0 Å². The third-order valence-corrected chi connectivity index (χ3v) is 9.73. The third-order valence-electron chi connectivity index (χ3n) is 9.73. The third kappa shape index (κ3) is 6.95. The van der Waals surface area contributed by atoms with Crippen molar-refractivity contribution in [3.05, 3.63) is 89.0 Å². The minimum absolute atomic E-state index is 0.0166. The van der Waals surface area contributed by atoms with Crippen LogP contribution in [0.25, 0.3) is 0 Å². The average molecular weight is 575 g/mol. The molecule has 0 spiro atoms. The van der Waals surface area contributed by atoms with Gasteiger partial charge in [-0.1, -0.05) is 56.3 Å². The Morgan fingerprint density at radius 3 is 2.45 bits per heavy atom. The highest BCUT2D eigenvalue weighted by atomic mass is 19.1. The van der Waals surface area contributed by atoms with Gasteiger partial charge in [0.2, 0.25) is 0 Å². The standard InChI is InChI=1S/C35H47FN4O2/c1-5-40-33(21-30(37-40)18-25-10-7-6-8-11-25)26-14-16-39(17-15-26)23-28-20-31(38(4)34(24(2)3)35(41)42)22-32(28)27-12-9-13-29(36)19-27/h6-13,19,21,24,26,28,31-32,34H,5,14-18,20,22-23H2,1-4H3,(H,41,42)/t28-,31+,32-,34-/m1/s1. The molecule has 2 fully saturated rings. The van der Waals surface area contributed by atoms with Crippen molar-refractivity contribution >= 4 is 5.97 Å². The SMILES string of the molecule is CCn1nc(Cc2ccccc2)cc1C1CCN(C[C@H]2C[C@H](N(C)[C@@H](C(=O)O)C(C)C)C[C@@H]2c2cccc(F)c2)CC1. The molecule has 1 N–H and O–H groups in total. The number of nitrogens with zero attached hydrogens (tertiary/aromatic N) is 4. The molecular formula is C35H47FN4O2. The Morgan fingerprint density at radius 1 is 1.07 bits per heavy atom. The highest BCUT2D eigenvalue weighted by Gasteiger charge is 2.42. The molecule has 7 heteroatoms. The number of carboxylic acid groups (broad SMARTS) is 1. The van der Waals surface area contributed by atoms with Crippen molar-refractivity contribution in [2.75, 3.05) is 26.7 Å². The Hall–Kier alpha value is -3.03. The van der Waals surface area contributed by atoms with Gasteiger partial charge < -0.3 is 10.0 Å². The summed E-state index contributed by atoms with van der Waals surface area (Å²) in [5, 5.41) is 14.9. The van der Waals surface area contributed by atoms with Crippen molar-refractivity contribution in [2.45, 2.75) is 83.3 Å². The summed E-state index contributed by atoms with van der Waals surface area (Å²) >= 11 is 0. The van der Waals surface area contributed by atoms with Gasteiger partial charge in [-0.15, -0.1) is 0 Å².